The van der Waals surface area contributed by atoms with E-state index in [1.54, 1.807) is 27.7 Å². The normalized spacial score (nSPS) is 21.3. The Morgan fingerprint density at radius 1 is 1.48 bits per heavy atom. The molecule has 2 rings (SSSR count). The van der Waals surface area contributed by atoms with Gasteiger partial charge in [-0.15, -0.1) is 0 Å². The zero-order valence-corrected chi connectivity index (χ0v) is 15.4. The highest BCUT2D eigenvalue weighted by atomic mass is 32.2. The molecule has 9 heteroatoms. The monoisotopic (exact) mass is 370 g/mol. The Labute approximate surface area is 148 Å². The molecule has 0 aliphatic carbocycles. The highest BCUT2D eigenvalue weighted by Gasteiger charge is 2.41. The summed E-state index contributed by atoms with van der Waals surface area (Å²) in [4.78, 5) is 2.64. The van der Waals surface area contributed by atoms with Crippen LogP contribution in [0.25, 0.3) is 10.4 Å². The molecule has 1 aliphatic rings. The third kappa shape index (κ3) is 4.23. The minimum Gasteiger partial charge on any atom is -0.591 e. The van der Waals surface area contributed by atoms with Gasteiger partial charge in [-0.05, 0) is 45.4 Å². The van der Waals surface area contributed by atoms with Crippen molar-refractivity contribution >= 4 is 17.1 Å². The Hall–Kier alpha value is -1.83. The predicted octanol–water partition coefficient (Wildman–Crippen LogP) is 4.05. The summed E-state index contributed by atoms with van der Waals surface area (Å²) in [6, 6.07) is 2.49. The SMILES string of the molecule is CC(=N[S@+]([O-])C(C)(C)C)c1cc(F)cc2c1O[C@@](CF)(CN=[N+]=[N-])C2. The van der Waals surface area contributed by atoms with Crippen molar-refractivity contribution in [1.29, 1.82) is 0 Å². The highest BCUT2D eigenvalue weighted by Crippen LogP contribution is 2.40. The fourth-order valence-electron chi connectivity index (χ4n) is 2.45. The first kappa shape index (κ1) is 19.5. The number of hydrogen-bond acceptors (Lipinski definition) is 4. The maximum atomic E-state index is 14.0. The second-order valence-electron chi connectivity index (χ2n) is 6.96. The van der Waals surface area contributed by atoms with Gasteiger partial charge in [-0.25, -0.2) is 8.78 Å². The lowest BCUT2D eigenvalue weighted by Gasteiger charge is -2.23. The van der Waals surface area contributed by atoms with Crippen molar-refractivity contribution in [3.63, 3.8) is 0 Å². The molecule has 0 bridgehead atoms. The Morgan fingerprint density at radius 3 is 2.72 bits per heavy atom. The van der Waals surface area contributed by atoms with Gasteiger partial charge in [0, 0.05) is 22.5 Å². The number of benzene rings is 1. The molecular formula is C16H20F2N4O2S. The molecule has 1 aliphatic heterocycles. The smallest absolute Gasteiger partial charge is 0.147 e. The minimum absolute atomic E-state index is 0.0816. The van der Waals surface area contributed by atoms with E-state index in [1.165, 1.54) is 12.1 Å². The Bertz CT molecular complexity index is 744. The Morgan fingerprint density at radius 2 is 2.16 bits per heavy atom. The maximum Gasteiger partial charge on any atom is 0.147 e. The molecule has 0 saturated heterocycles. The first-order valence-electron chi connectivity index (χ1n) is 7.68. The third-order valence-electron chi connectivity index (χ3n) is 3.76. The van der Waals surface area contributed by atoms with Gasteiger partial charge in [0.05, 0.1) is 12.3 Å². The summed E-state index contributed by atoms with van der Waals surface area (Å²) in [6.45, 7) is 5.85. The zero-order valence-electron chi connectivity index (χ0n) is 14.5. The van der Waals surface area contributed by atoms with E-state index >= 15 is 0 Å². The van der Waals surface area contributed by atoms with E-state index in [0.717, 1.165) is 0 Å². The maximum absolute atomic E-state index is 14.0. The van der Waals surface area contributed by atoms with Crippen molar-refractivity contribution in [1.82, 2.24) is 0 Å². The number of rotatable bonds is 5. The van der Waals surface area contributed by atoms with Crippen LogP contribution in [0.4, 0.5) is 8.78 Å². The van der Waals surface area contributed by atoms with Gasteiger partial charge in [-0.3, -0.25) is 0 Å². The van der Waals surface area contributed by atoms with Crippen molar-refractivity contribution in [3.05, 3.63) is 39.5 Å². The van der Waals surface area contributed by atoms with Crippen LogP contribution in [-0.4, -0.2) is 33.8 Å². The molecule has 0 fully saturated rings. The van der Waals surface area contributed by atoms with Crippen molar-refractivity contribution < 1.29 is 18.1 Å². The molecule has 6 nitrogen and oxygen atoms in total. The zero-order chi connectivity index (χ0) is 18.8. The number of azide groups is 1. The molecule has 2 atom stereocenters. The summed E-state index contributed by atoms with van der Waals surface area (Å²) in [5.41, 5.74) is 8.26. The first-order chi connectivity index (χ1) is 11.6. The van der Waals surface area contributed by atoms with E-state index in [9.17, 15) is 13.3 Å². The van der Waals surface area contributed by atoms with E-state index in [2.05, 4.69) is 14.4 Å². The summed E-state index contributed by atoms with van der Waals surface area (Å²) in [5, 5.41) is 3.40. The second kappa shape index (κ2) is 7.19. The van der Waals surface area contributed by atoms with Crippen LogP contribution in [0.1, 0.15) is 38.8 Å². The molecule has 1 heterocycles. The standard InChI is InChI=1S/C16H20F2N4O2S/c1-10(21-25(23)15(2,3)4)13-6-12(18)5-11-7-16(8-17,9-20-22-19)24-14(11)13/h5-6H,7-9H2,1-4H3/t16-,25+/m0/s1. The molecule has 136 valence electrons. The molecule has 0 unspecified atom stereocenters. The van der Waals surface area contributed by atoms with Crippen molar-refractivity contribution in [2.45, 2.75) is 44.5 Å². The van der Waals surface area contributed by atoms with Crippen LogP contribution in [0.5, 0.6) is 5.75 Å². The lowest BCUT2D eigenvalue weighted by Crippen LogP contribution is -2.40. The molecule has 0 N–H and O–H groups in total. The molecule has 0 radical (unpaired) electrons. The van der Waals surface area contributed by atoms with Crippen molar-refractivity contribution in [3.8, 4) is 5.75 Å². The molecular weight excluding hydrogens is 350 g/mol. The van der Waals surface area contributed by atoms with Crippen LogP contribution in [0, 0.1) is 5.82 Å². The molecule has 1 aromatic rings. The van der Waals surface area contributed by atoms with Crippen molar-refractivity contribution in [2.24, 2.45) is 9.51 Å². The quantitative estimate of drug-likeness (QED) is 0.257. The van der Waals surface area contributed by atoms with Gasteiger partial charge in [-0.2, -0.15) is 0 Å². The van der Waals surface area contributed by atoms with Gasteiger partial charge in [0.2, 0.25) is 0 Å². The summed E-state index contributed by atoms with van der Waals surface area (Å²) >= 11 is -1.53. The topological polar surface area (TPSA) is 93.4 Å². The number of hydrogen-bond donors (Lipinski definition) is 0. The second-order valence-corrected chi connectivity index (χ2v) is 8.87. The van der Waals surface area contributed by atoms with Crippen LogP contribution in [0.3, 0.4) is 0 Å². The van der Waals surface area contributed by atoms with E-state index in [4.69, 9.17) is 10.3 Å². The van der Waals surface area contributed by atoms with Crippen LogP contribution in [0.2, 0.25) is 0 Å². The number of ether oxygens (including phenoxy) is 1. The average molecular weight is 370 g/mol. The summed E-state index contributed by atoms with van der Waals surface area (Å²) in [7, 11) is 0. The van der Waals surface area contributed by atoms with Crippen LogP contribution < -0.4 is 4.74 Å². The number of alkyl halides is 1. The Kier molecular flexibility index (Phi) is 5.61. The summed E-state index contributed by atoms with van der Waals surface area (Å²) < 4.78 is 49.1. The Balaban J connectivity index is 2.45. The average Bonchev–Trinajstić information content (AvgIpc) is 2.90. The number of fused-ring (bicyclic) bond motifs is 1. The van der Waals surface area contributed by atoms with Crippen molar-refractivity contribution in [2.75, 3.05) is 13.2 Å². The molecule has 1 aromatic carbocycles. The highest BCUT2D eigenvalue weighted by molar-refractivity contribution is 7.91. The van der Waals surface area contributed by atoms with Gasteiger partial charge < -0.3 is 9.29 Å². The molecule has 25 heavy (non-hydrogen) atoms. The van der Waals surface area contributed by atoms with E-state index < -0.39 is 34.2 Å². The van der Waals surface area contributed by atoms with Gasteiger partial charge in [0.1, 0.15) is 40.0 Å². The fraction of sp³-hybridized carbons (Fsp3) is 0.562. The van der Waals surface area contributed by atoms with E-state index in [-0.39, 0.29) is 13.0 Å². The minimum atomic E-state index is -1.53. The number of halogens is 2. The van der Waals surface area contributed by atoms with Crippen LogP contribution in [-0.2, 0) is 17.8 Å². The predicted molar refractivity (Wildman–Crippen MR) is 93.6 cm³/mol. The lowest BCUT2D eigenvalue weighted by atomic mass is 9.97. The van der Waals surface area contributed by atoms with Gasteiger partial charge in [0.25, 0.3) is 0 Å². The third-order valence-corrected chi connectivity index (χ3v) is 5.25. The molecule has 0 amide bonds. The van der Waals surface area contributed by atoms with Crippen LogP contribution in [0.15, 0.2) is 21.6 Å². The van der Waals surface area contributed by atoms with Crippen LogP contribution >= 0.6 is 0 Å². The lowest BCUT2D eigenvalue weighted by molar-refractivity contribution is 0.0729. The first-order valence-corrected chi connectivity index (χ1v) is 8.78. The fourth-order valence-corrected chi connectivity index (χ4v) is 3.07. The largest absolute Gasteiger partial charge is 0.591 e. The van der Waals surface area contributed by atoms with Gasteiger partial charge in [0.15, 0.2) is 0 Å². The molecule has 0 saturated carbocycles. The van der Waals surface area contributed by atoms with E-state index in [0.29, 0.717) is 22.6 Å². The molecule has 0 spiro atoms. The summed E-state index contributed by atoms with van der Waals surface area (Å²) in [5.74, 6) is -0.230. The summed E-state index contributed by atoms with van der Waals surface area (Å²) in [6.07, 6.45) is 0.0816. The number of nitrogens with zero attached hydrogens (tertiary/aromatic N) is 4. The van der Waals surface area contributed by atoms with Gasteiger partial charge in [-0.1, -0.05) is 9.51 Å². The van der Waals surface area contributed by atoms with Gasteiger partial charge >= 0.3 is 0 Å². The van der Waals surface area contributed by atoms with E-state index in [1.807, 2.05) is 0 Å². The molecule has 0 aromatic heterocycles.